The van der Waals surface area contributed by atoms with Crippen LogP contribution < -0.4 is 10.6 Å². The molecule has 35 heavy (non-hydrogen) atoms. The second kappa shape index (κ2) is 10.4. The second-order valence-electron chi connectivity index (χ2n) is 7.99. The van der Waals surface area contributed by atoms with Gasteiger partial charge in [-0.1, -0.05) is 42.5 Å². The summed E-state index contributed by atoms with van der Waals surface area (Å²) in [5.41, 5.74) is 0.624. The number of rotatable bonds is 7. The largest absolute Gasteiger partial charge is 0.481 e. The number of carboxylic acids is 1. The van der Waals surface area contributed by atoms with Crippen LogP contribution in [0, 0.1) is 0 Å². The maximum Gasteiger partial charge on any atom is 0.416 e. The molecular weight excluding hydrogens is 467 g/mol. The number of hydrogen-bond donors (Lipinski definition) is 3. The summed E-state index contributed by atoms with van der Waals surface area (Å²) < 4.78 is 39.0. The van der Waals surface area contributed by atoms with E-state index in [0.717, 1.165) is 23.1 Å². The van der Waals surface area contributed by atoms with E-state index in [-0.39, 0.29) is 6.42 Å². The Kier molecular flexibility index (Phi) is 7.58. The fourth-order valence-electron chi connectivity index (χ4n) is 3.58. The lowest BCUT2D eigenvalue weighted by Gasteiger charge is -2.25. The summed E-state index contributed by atoms with van der Waals surface area (Å²) in [5.74, 6) is -2.49. The lowest BCUT2D eigenvalue weighted by atomic mass is 9.97. The van der Waals surface area contributed by atoms with Crippen molar-refractivity contribution in [2.75, 3.05) is 7.05 Å². The molecule has 0 fully saturated rings. The number of carbonyl (C=O) groups is 4. The molecule has 1 aliphatic rings. The summed E-state index contributed by atoms with van der Waals surface area (Å²) in [6.07, 6.45) is -2.43. The second-order valence-corrected chi connectivity index (χ2v) is 7.99. The van der Waals surface area contributed by atoms with Gasteiger partial charge in [0.15, 0.2) is 11.8 Å². The fraction of sp³-hybridized carbons (Fsp3) is 0.250. The molecule has 0 aliphatic carbocycles. The van der Waals surface area contributed by atoms with Crippen LogP contribution in [0.3, 0.4) is 0 Å². The normalized spacial score (nSPS) is 16.7. The molecule has 1 aliphatic heterocycles. The minimum Gasteiger partial charge on any atom is -0.481 e. The Balaban J connectivity index is 1.77. The van der Waals surface area contributed by atoms with Gasteiger partial charge < -0.3 is 20.6 Å². The van der Waals surface area contributed by atoms with E-state index >= 15 is 0 Å². The molecule has 0 spiro atoms. The number of aliphatic carboxylic acids is 1. The van der Waals surface area contributed by atoms with E-state index in [1.807, 2.05) is 0 Å². The van der Waals surface area contributed by atoms with E-state index in [1.165, 1.54) is 19.3 Å². The Morgan fingerprint density at radius 1 is 1.09 bits per heavy atom. The number of ketones is 1. The predicted molar refractivity (Wildman–Crippen MR) is 118 cm³/mol. The molecular formula is C24H22F3N3O5. The number of urea groups is 1. The number of amides is 3. The maximum absolute atomic E-state index is 13.0. The van der Waals surface area contributed by atoms with Crippen LogP contribution in [0.5, 0.6) is 0 Å². The molecule has 3 N–H and O–H groups in total. The van der Waals surface area contributed by atoms with E-state index in [9.17, 15) is 37.5 Å². The van der Waals surface area contributed by atoms with Crippen molar-refractivity contribution in [2.24, 2.45) is 0 Å². The summed E-state index contributed by atoms with van der Waals surface area (Å²) in [6.45, 7) is 0. The average Bonchev–Trinajstić information content (AvgIpc) is 2.78. The van der Waals surface area contributed by atoms with Crippen molar-refractivity contribution in [2.45, 2.75) is 31.1 Å². The third-order valence-corrected chi connectivity index (χ3v) is 5.32. The Labute approximate surface area is 198 Å². The molecule has 3 rings (SSSR count). The van der Waals surface area contributed by atoms with Gasteiger partial charge in [0.05, 0.1) is 18.0 Å². The molecule has 0 aromatic heterocycles. The molecule has 0 bridgehead atoms. The summed E-state index contributed by atoms with van der Waals surface area (Å²) in [6, 6.07) is 7.89. The van der Waals surface area contributed by atoms with Crippen LogP contribution in [-0.2, 0) is 27.0 Å². The molecule has 0 saturated carbocycles. The first kappa shape index (κ1) is 25.5. The standard InChI is InChI=1S/C24H22F3N3O5/c1-30-9-8-19(31)21(22(30)34)29-23(35)28-18(13-20(32)33)16-6-2-4-14(11-16)10-15-5-3-7-17(12-15)24(25,26)27/h2-9,11-12,18,21H,10,13H2,1H3,(H,32,33)(H2,28,29,35)/t18-,21?/m0/s1. The number of alkyl halides is 3. The van der Waals surface area contributed by atoms with Crippen molar-refractivity contribution in [3.63, 3.8) is 0 Å². The smallest absolute Gasteiger partial charge is 0.416 e. The molecule has 2 atom stereocenters. The van der Waals surface area contributed by atoms with E-state index in [2.05, 4.69) is 10.6 Å². The Morgan fingerprint density at radius 2 is 1.74 bits per heavy atom. The molecule has 11 heteroatoms. The molecule has 184 valence electrons. The summed E-state index contributed by atoms with van der Waals surface area (Å²) in [7, 11) is 1.42. The van der Waals surface area contributed by atoms with Gasteiger partial charge in [-0.2, -0.15) is 13.2 Å². The van der Waals surface area contributed by atoms with E-state index < -0.39 is 53.9 Å². The third kappa shape index (κ3) is 6.69. The van der Waals surface area contributed by atoms with E-state index in [0.29, 0.717) is 16.7 Å². The van der Waals surface area contributed by atoms with Gasteiger partial charge in [0.2, 0.25) is 0 Å². The number of nitrogens with zero attached hydrogens (tertiary/aromatic N) is 1. The third-order valence-electron chi connectivity index (χ3n) is 5.32. The summed E-state index contributed by atoms with van der Waals surface area (Å²) in [4.78, 5) is 49.2. The fourth-order valence-corrected chi connectivity index (χ4v) is 3.58. The molecule has 0 radical (unpaired) electrons. The van der Waals surface area contributed by atoms with Crippen molar-refractivity contribution in [3.8, 4) is 0 Å². The van der Waals surface area contributed by atoms with Crippen molar-refractivity contribution >= 4 is 23.7 Å². The van der Waals surface area contributed by atoms with Gasteiger partial charge in [0.25, 0.3) is 5.91 Å². The van der Waals surface area contributed by atoms with Crippen LogP contribution in [0.15, 0.2) is 60.8 Å². The molecule has 0 saturated heterocycles. The first-order valence-corrected chi connectivity index (χ1v) is 10.5. The molecule has 3 amide bonds. The van der Waals surface area contributed by atoms with Crippen molar-refractivity contribution < 1.29 is 37.5 Å². The zero-order chi connectivity index (χ0) is 25.8. The monoisotopic (exact) mass is 489 g/mol. The zero-order valence-corrected chi connectivity index (χ0v) is 18.5. The van der Waals surface area contributed by atoms with Crippen LogP contribution in [0.25, 0.3) is 0 Å². The van der Waals surface area contributed by atoms with Crippen LogP contribution in [0.1, 0.15) is 34.7 Å². The van der Waals surface area contributed by atoms with Gasteiger partial charge in [-0.3, -0.25) is 14.4 Å². The summed E-state index contributed by atoms with van der Waals surface area (Å²) in [5, 5.41) is 14.0. The highest BCUT2D eigenvalue weighted by molar-refractivity contribution is 6.14. The number of nitrogens with one attached hydrogen (secondary N) is 2. The van der Waals surface area contributed by atoms with E-state index in [4.69, 9.17) is 0 Å². The lowest BCUT2D eigenvalue weighted by molar-refractivity contribution is -0.138. The van der Waals surface area contributed by atoms with Gasteiger partial charge in [-0.05, 0) is 29.2 Å². The zero-order valence-electron chi connectivity index (χ0n) is 18.5. The van der Waals surface area contributed by atoms with Gasteiger partial charge in [0.1, 0.15) is 0 Å². The quantitative estimate of drug-likeness (QED) is 0.517. The number of hydrogen-bond acceptors (Lipinski definition) is 4. The topological polar surface area (TPSA) is 116 Å². The first-order chi connectivity index (χ1) is 16.4. The van der Waals surface area contributed by atoms with E-state index in [1.54, 1.807) is 30.3 Å². The molecule has 2 aromatic carbocycles. The molecule has 2 aromatic rings. The number of halogens is 3. The molecule has 8 nitrogen and oxygen atoms in total. The average molecular weight is 489 g/mol. The first-order valence-electron chi connectivity index (χ1n) is 10.5. The number of carbonyl (C=O) groups excluding carboxylic acids is 3. The highest BCUT2D eigenvalue weighted by Crippen LogP contribution is 2.30. The highest BCUT2D eigenvalue weighted by Gasteiger charge is 2.33. The minimum atomic E-state index is -4.48. The maximum atomic E-state index is 13.0. The predicted octanol–water partition coefficient (Wildman–Crippen LogP) is 3.03. The van der Waals surface area contributed by atoms with Crippen molar-refractivity contribution in [3.05, 3.63) is 83.1 Å². The van der Waals surface area contributed by atoms with Gasteiger partial charge in [-0.15, -0.1) is 0 Å². The van der Waals surface area contributed by atoms with Crippen molar-refractivity contribution in [1.29, 1.82) is 0 Å². The minimum absolute atomic E-state index is 0.146. The SMILES string of the molecule is CN1C=CC(=O)C(NC(=O)N[C@@H](CC(=O)O)c2cccc(Cc3cccc(C(F)(F)F)c3)c2)C1=O. The Morgan fingerprint density at radius 3 is 2.40 bits per heavy atom. The van der Waals surface area contributed by atoms with Crippen LogP contribution >= 0.6 is 0 Å². The van der Waals surface area contributed by atoms with Crippen LogP contribution in [-0.4, -0.2) is 46.8 Å². The van der Waals surface area contributed by atoms with Gasteiger partial charge in [0, 0.05) is 19.3 Å². The van der Waals surface area contributed by atoms with Gasteiger partial charge in [-0.25, -0.2) is 4.79 Å². The number of benzene rings is 2. The number of carboxylic acid groups (broad SMARTS) is 1. The Hall–Kier alpha value is -4.15. The van der Waals surface area contributed by atoms with Gasteiger partial charge >= 0.3 is 18.2 Å². The van der Waals surface area contributed by atoms with Crippen LogP contribution in [0.2, 0.25) is 0 Å². The van der Waals surface area contributed by atoms with Crippen LogP contribution in [0.4, 0.5) is 18.0 Å². The number of likely N-dealkylation sites (N-methyl/N-ethyl adjacent to an activating group) is 1. The highest BCUT2D eigenvalue weighted by atomic mass is 19.4. The summed E-state index contributed by atoms with van der Waals surface area (Å²) >= 11 is 0. The molecule has 1 heterocycles. The lowest BCUT2D eigenvalue weighted by Crippen LogP contribution is -2.55. The molecule has 1 unspecified atom stereocenters. The van der Waals surface area contributed by atoms with Crippen molar-refractivity contribution in [1.82, 2.24) is 15.5 Å². The Bertz CT molecular complexity index is 1180.